The Kier molecular flexibility index (Phi) is 5.46. The normalized spacial score (nSPS) is 12.6. The van der Waals surface area contributed by atoms with E-state index < -0.39 is 0 Å². The molecule has 1 N–H and O–H groups in total. The molecule has 102 valence electrons. The molecule has 0 spiro atoms. The second-order valence-electron chi connectivity index (χ2n) is 4.75. The second kappa shape index (κ2) is 6.89. The Morgan fingerprint density at radius 3 is 2.74 bits per heavy atom. The van der Waals surface area contributed by atoms with E-state index in [1.807, 2.05) is 0 Å². The molecule has 2 rings (SSSR count). The molecular formula is C15H17BrClNS. The number of halogens is 2. The first kappa shape index (κ1) is 15.0. The fourth-order valence-electron chi connectivity index (χ4n) is 1.99. The third-order valence-electron chi connectivity index (χ3n) is 3.11. The van der Waals surface area contributed by atoms with E-state index in [0.717, 1.165) is 21.8 Å². The van der Waals surface area contributed by atoms with Crippen LogP contribution in [-0.4, -0.2) is 6.04 Å². The zero-order chi connectivity index (χ0) is 13.8. The van der Waals surface area contributed by atoms with E-state index in [2.05, 4.69) is 65.4 Å². The third kappa shape index (κ3) is 4.32. The maximum Gasteiger partial charge on any atom is 0.107 e. The van der Waals surface area contributed by atoms with Gasteiger partial charge in [0.2, 0.25) is 0 Å². The molecule has 1 heterocycles. The van der Waals surface area contributed by atoms with Crippen LogP contribution in [-0.2, 0) is 13.0 Å². The Bertz CT molecular complexity index is 533. The van der Waals surface area contributed by atoms with Crippen LogP contribution >= 0.6 is 38.9 Å². The molecule has 2 aromatic rings. The van der Waals surface area contributed by atoms with Gasteiger partial charge in [-0.25, -0.2) is 0 Å². The van der Waals surface area contributed by atoms with Crippen molar-refractivity contribution in [3.05, 3.63) is 55.1 Å². The molecule has 0 aliphatic rings. The lowest BCUT2D eigenvalue weighted by Gasteiger charge is -2.14. The molecule has 0 amide bonds. The van der Waals surface area contributed by atoms with Gasteiger partial charge in [0, 0.05) is 21.9 Å². The summed E-state index contributed by atoms with van der Waals surface area (Å²) in [4.78, 5) is 1.26. The van der Waals surface area contributed by atoms with E-state index in [9.17, 15) is 0 Å². The zero-order valence-electron chi connectivity index (χ0n) is 11.0. The highest BCUT2D eigenvalue weighted by Crippen LogP contribution is 2.31. The zero-order valence-corrected chi connectivity index (χ0v) is 14.2. The lowest BCUT2D eigenvalue weighted by Crippen LogP contribution is -2.27. The van der Waals surface area contributed by atoms with Gasteiger partial charge in [0.15, 0.2) is 0 Å². The fraction of sp³-hybridized carbons (Fsp3) is 0.333. The molecule has 0 bridgehead atoms. The number of hydrogen-bond acceptors (Lipinski definition) is 2. The topological polar surface area (TPSA) is 12.0 Å². The summed E-state index contributed by atoms with van der Waals surface area (Å²) in [6.45, 7) is 5.25. The number of nitrogens with one attached hydrogen (secondary N) is 1. The summed E-state index contributed by atoms with van der Waals surface area (Å²) >= 11 is 11.1. The van der Waals surface area contributed by atoms with Crippen molar-refractivity contribution in [2.24, 2.45) is 0 Å². The summed E-state index contributed by atoms with van der Waals surface area (Å²) in [5.74, 6) is 0. The van der Waals surface area contributed by atoms with Crippen LogP contribution in [0.15, 0.2) is 34.8 Å². The van der Waals surface area contributed by atoms with Crippen LogP contribution in [0.5, 0.6) is 0 Å². The molecule has 0 radical (unpaired) electrons. The Morgan fingerprint density at radius 1 is 1.37 bits per heavy atom. The molecule has 4 heteroatoms. The van der Waals surface area contributed by atoms with E-state index in [1.165, 1.54) is 16.0 Å². The highest BCUT2D eigenvalue weighted by Gasteiger charge is 2.08. The van der Waals surface area contributed by atoms with Crippen molar-refractivity contribution in [3.63, 3.8) is 0 Å². The van der Waals surface area contributed by atoms with Gasteiger partial charge in [-0.3, -0.25) is 0 Å². The van der Waals surface area contributed by atoms with Gasteiger partial charge in [-0.1, -0.05) is 35.9 Å². The number of rotatable bonds is 5. The molecule has 1 aromatic carbocycles. The maximum absolute atomic E-state index is 6.04. The minimum atomic E-state index is 0.445. The Morgan fingerprint density at radius 2 is 2.11 bits per heavy atom. The Labute approximate surface area is 132 Å². The van der Waals surface area contributed by atoms with Crippen molar-refractivity contribution in [1.29, 1.82) is 0 Å². The lowest BCUT2D eigenvalue weighted by molar-refractivity contribution is 0.548. The molecule has 1 atom stereocenters. The Hall–Kier alpha value is -0.350. The van der Waals surface area contributed by atoms with Gasteiger partial charge in [0.05, 0.1) is 0 Å². The number of thiophene rings is 1. The molecule has 1 aromatic heterocycles. The van der Waals surface area contributed by atoms with Crippen LogP contribution in [0.25, 0.3) is 0 Å². The van der Waals surface area contributed by atoms with Gasteiger partial charge < -0.3 is 5.32 Å². The van der Waals surface area contributed by atoms with E-state index in [0.29, 0.717) is 6.04 Å². The molecular weight excluding hydrogens is 342 g/mol. The van der Waals surface area contributed by atoms with E-state index in [4.69, 9.17) is 11.6 Å². The predicted molar refractivity (Wildman–Crippen MR) is 88.2 cm³/mol. The molecule has 0 aliphatic carbocycles. The van der Waals surface area contributed by atoms with Crippen LogP contribution in [0.2, 0.25) is 4.34 Å². The lowest BCUT2D eigenvalue weighted by atomic mass is 10.0. The van der Waals surface area contributed by atoms with E-state index in [-0.39, 0.29) is 0 Å². The van der Waals surface area contributed by atoms with Gasteiger partial charge in [0.1, 0.15) is 4.34 Å². The SMILES string of the molecule is Cc1ccccc1CC(C)NCc1cc(Br)c(Cl)s1. The van der Waals surface area contributed by atoms with Crippen molar-refractivity contribution in [1.82, 2.24) is 5.32 Å². The van der Waals surface area contributed by atoms with Gasteiger partial charge in [-0.2, -0.15) is 0 Å². The van der Waals surface area contributed by atoms with Crippen LogP contribution < -0.4 is 5.32 Å². The summed E-state index contributed by atoms with van der Waals surface area (Å²) in [6, 6.07) is 11.1. The minimum absolute atomic E-state index is 0.445. The first-order chi connectivity index (χ1) is 9.06. The van der Waals surface area contributed by atoms with Crippen LogP contribution in [0.1, 0.15) is 22.9 Å². The molecule has 0 saturated heterocycles. The van der Waals surface area contributed by atoms with Crippen molar-refractivity contribution in [2.75, 3.05) is 0 Å². The highest BCUT2D eigenvalue weighted by molar-refractivity contribution is 9.10. The van der Waals surface area contributed by atoms with Gasteiger partial charge in [-0.05, 0) is 53.4 Å². The number of benzene rings is 1. The quantitative estimate of drug-likeness (QED) is 0.775. The first-order valence-corrected chi connectivity index (χ1v) is 8.26. The fourth-order valence-corrected chi connectivity index (χ4v) is 3.74. The molecule has 1 unspecified atom stereocenters. The second-order valence-corrected chi connectivity index (χ2v) is 7.34. The Balaban J connectivity index is 1.88. The summed E-state index contributed by atoms with van der Waals surface area (Å²) in [7, 11) is 0. The van der Waals surface area contributed by atoms with Crippen molar-refractivity contribution in [3.8, 4) is 0 Å². The molecule has 19 heavy (non-hydrogen) atoms. The molecule has 1 nitrogen and oxygen atoms in total. The van der Waals surface area contributed by atoms with Crippen LogP contribution in [0, 0.1) is 6.92 Å². The number of aryl methyl sites for hydroxylation is 1. The van der Waals surface area contributed by atoms with Gasteiger partial charge in [0.25, 0.3) is 0 Å². The monoisotopic (exact) mass is 357 g/mol. The smallest absolute Gasteiger partial charge is 0.107 e. The van der Waals surface area contributed by atoms with Gasteiger partial charge >= 0.3 is 0 Å². The summed E-state index contributed by atoms with van der Waals surface area (Å²) in [6.07, 6.45) is 1.05. The maximum atomic E-state index is 6.04. The van der Waals surface area contributed by atoms with Crippen molar-refractivity contribution >= 4 is 38.9 Å². The average Bonchev–Trinajstić information content (AvgIpc) is 2.69. The van der Waals surface area contributed by atoms with Crippen molar-refractivity contribution in [2.45, 2.75) is 32.9 Å². The predicted octanol–water partition coefficient (Wildman–Crippen LogP) is 5.19. The summed E-state index contributed by atoms with van der Waals surface area (Å²) in [5.41, 5.74) is 2.77. The molecule has 0 saturated carbocycles. The van der Waals surface area contributed by atoms with Gasteiger partial charge in [-0.15, -0.1) is 11.3 Å². The van der Waals surface area contributed by atoms with E-state index in [1.54, 1.807) is 11.3 Å². The minimum Gasteiger partial charge on any atom is -0.309 e. The summed E-state index contributed by atoms with van der Waals surface area (Å²) in [5, 5.41) is 3.55. The average molecular weight is 359 g/mol. The standard InChI is InChI=1S/C15H17BrClNS/c1-10-5-3-4-6-12(10)7-11(2)18-9-13-8-14(16)15(17)19-13/h3-6,8,11,18H,7,9H2,1-2H3. The number of hydrogen-bond donors (Lipinski definition) is 1. The van der Waals surface area contributed by atoms with Crippen LogP contribution in [0.3, 0.4) is 0 Å². The largest absolute Gasteiger partial charge is 0.309 e. The van der Waals surface area contributed by atoms with Crippen molar-refractivity contribution < 1.29 is 0 Å². The summed E-state index contributed by atoms with van der Waals surface area (Å²) < 4.78 is 1.81. The van der Waals surface area contributed by atoms with E-state index >= 15 is 0 Å². The third-order valence-corrected chi connectivity index (χ3v) is 5.58. The molecule has 0 fully saturated rings. The van der Waals surface area contributed by atoms with Crippen LogP contribution in [0.4, 0.5) is 0 Å². The first-order valence-electron chi connectivity index (χ1n) is 6.28. The molecule has 0 aliphatic heterocycles. The highest BCUT2D eigenvalue weighted by atomic mass is 79.9.